The van der Waals surface area contributed by atoms with Gasteiger partial charge in [0.2, 0.25) is 11.7 Å². The molecule has 2 aliphatic rings. The van der Waals surface area contributed by atoms with Crippen molar-refractivity contribution in [3.63, 3.8) is 0 Å². The highest BCUT2D eigenvalue weighted by Crippen LogP contribution is 2.33. The highest BCUT2D eigenvalue weighted by Gasteiger charge is 2.45. The zero-order valence-electron chi connectivity index (χ0n) is 16.1. The van der Waals surface area contributed by atoms with Crippen LogP contribution < -0.4 is 0 Å². The molecule has 28 heavy (non-hydrogen) atoms. The summed E-state index contributed by atoms with van der Waals surface area (Å²) < 4.78 is 4.99. The van der Waals surface area contributed by atoms with Gasteiger partial charge < -0.3 is 14.5 Å². The number of hydrogen-bond donors (Lipinski definition) is 0. The van der Waals surface area contributed by atoms with Crippen molar-refractivity contribution in [3.8, 4) is 11.4 Å². The van der Waals surface area contributed by atoms with E-state index >= 15 is 0 Å². The van der Waals surface area contributed by atoms with Gasteiger partial charge in [-0.1, -0.05) is 12.1 Å². The molecule has 0 spiro atoms. The van der Waals surface area contributed by atoms with Crippen molar-refractivity contribution < 1.29 is 14.3 Å². The van der Waals surface area contributed by atoms with Crippen molar-refractivity contribution in [2.75, 3.05) is 33.4 Å². The molecule has 1 aromatic carbocycles. The number of hydrogen-bond acceptors (Lipinski definition) is 6. The lowest BCUT2D eigenvalue weighted by Crippen LogP contribution is -2.65. The average molecular weight is 384 g/mol. The van der Waals surface area contributed by atoms with Crippen LogP contribution in [0.3, 0.4) is 0 Å². The Hall–Kier alpha value is -2.81. The normalized spacial score (nSPS) is 21.2. The summed E-state index contributed by atoms with van der Waals surface area (Å²) in [6, 6.07) is 7.56. The molecule has 2 fully saturated rings. The Morgan fingerprint density at radius 1 is 1.21 bits per heavy atom. The van der Waals surface area contributed by atoms with Crippen molar-refractivity contribution in [3.05, 3.63) is 29.8 Å². The highest BCUT2D eigenvalue weighted by atomic mass is 16.5. The molecule has 0 bridgehead atoms. The van der Waals surface area contributed by atoms with Gasteiger partial charge in [0, 0.05) is 49.8 Å². The quantitative estimate of drug-likeness (QED) is 0.749. The first kappa shape index (κ1) is 18.5. The molecule has 2 saturated heterocycles. The number of nitrogens with zero attached hydrogens (tertiary/aromatic N) is 6. The van der Waals surface area contributed by atoms with Crippen LogP contribution in [0, 0.1) is 5.92 Å². The number of carbonyl (C=O) groups excluding carboxylic acids is 2. The maximum Gasteiger partial charge on any atom is 0.253 e. The second-order valence-electron chi connectivity index (χ2n) is 7.34. The third-order valence-electron chi connectivity index (χ3n) is 5.55. The summed E-state index contributed by atoms with van der Waals surface area (Å²) in [5, 5.41) is 12.0. The van der Waals surface area contributed by atoms with Crippen molar-refractivity contribution in [1.29, 1.82) is 0 Å². The monoisotopic (exact) mass is 384 g/mol. The van der Waals surface area contributed by atoms with Gasteiger partial charge in [0.15, 0.2) is 0 Å². The molecule has 4 rings (SSSR count). The van der Waals surface area contributed by atoms with E-state index in [1.165, 1.54) is 4.80 Å². The predicted molar refractivity (Wildman–Crippen MR) is 100 cm³/mol. The number of aromatic nitrogens is 4. The molecular weight excluding hydrogens is 360 g/mol. The molecule has 9 heteroatoms. The van der Waals surface area contributed by atoms with Gasteiger partial charge >= 0.3 is 0 Å². The maximum atomic E-state index is 12.9. The summed E-state index contributed by atoms with van der Waals surface area (Å²) in [5.74, 6) is 1.08. The van der Waals surface area contributed by atoms with Gasteiger partial charge in [-0.15, -0.1) is 10.2 Å². The Labute approximate surface area is 163 Å². The zero-order valence-corrected chi connectivity index (χ0v) is 16.1. The van der Waals surface area contributed by atoms with E-state index in [-0.39, 0.29) is 17.9 Å². The lowest BCUT2D eigenvalue weighted by atomic mass is 9.82. The van der Waals surface area contributed by atoms with Gasteiger partial charge in [-0.2, -0.15) is 4.80 Å². The first-order valence-corrected chi connectivity index (χ1v) is 9.49. The number of fused-ring (bicyclic) bond motifs is 1. The number of tetrazole rings is 1. The predicted octanol–water partition coefficient (Wildman–Crippen LogP) is 0.586. The van der Waals surface area contributed by atoms with E-state index in [0.717, 1.165) is 18.5 Å². The molecular formula is C19H24N6O3. The molecule has 0 radical (unpaired) electrons. The van der Waals surface area contributed by atoms with Crippen LogP contribution in [-0.2, 0) is 16.6 Å². The van der Waals surface area contributed by atoms with Gasteiger partial charge in [0.25, 0.3) is 5.91 Å². The second-order valence-corrected chi connectivity index (χ2v) is 7.34. The molecule has 148 valence electrons. The largest absolute Gasteiger partial charge is 0.384 e. The minimum Gasteiger partial charge on any atom is -0.384 e. The number of likely N-dealkylation sites (tertiary alicyclic amines) is 2. The molecule has 0 unspecified atom stereocenters. The van der Waals surface area contributed by atoms with E-state index in [1.807, 2.05) is 34.1 Å². The number of methoxy groups -OCH3 is 1. The Bertz CT molecular complexity index is 865. The molecule has 2 amide bonds. The summed E-state index contributed by atoms with van der Waals surface area (Å²) in [7, 11) is 3.32. The Balaban J connectivity index is 1.35. The van der Waals surface area contributed by atoms with Crippen LogP contribution in [0.25, 0.3) is 11.4 Å². The van der Waals surface area contributed by atoms with E-state index in [2.05, 4.69) is 15.4 Å². The molecule has 0 saturated carbocycles. The van der Waals surface area contributed by atoms with E-state index in [1.54, 1.807) is 14.2 Å². The van der Waals surface area contributed by atoms with Crippen LogP contribution in [0.1, 0.15) is 23.2 Å². The number of aryl methyl sites for hydroxylation is 1. The zero-order chi connectivity index (χ0) is 19.7. The molecule has 0 aliphatic carbocycles. The minimum absolute atomic E-state index is 0.0289. The number of ether oxygens (including phenoxy) is 1. The van der Waals surface area contributed by atoms with Crippen LogP contribution >= 0.6 is 0 Å². The summed E-state index contributed by atoms with van der Waals surface area (Å²) in [6.07, 6.45) is 1.26. The number of piperidine rings is 1. The van der Waals surface area contributed by atoms with E-state index in [0.29, 0.717) is 43.4 Å². The minimum atomic E-state index is 0.0289. The molecule has 2 aliphatic heterocycles. The van der Waals surface area contributed by atoms with Crippen molar-refractivity contribution >= 4 is 11.8 Å². The summed E-state index contributed by atoms with van der Waals surface area (Å²) in [6.45, 7) is 2.55. The fourth-order valence-corrected chi connectivity index (χ4v) is 4.01. The van der Waals surface area contributed by atoms with Crippen LogP contribution in [0.5, 0.6) is 0 Å². The van der Waals surface area contributed by atoms with Crippen molar-refractivity contribution in [1.82, 2.24) is 30.0 Å². The molecule has 2 aromatic rings. The van der Waals surface area contributed by atoms with Crippen LogP contribution in [0.2, 0.25) is 0 Å². The Kier molecular flexibility index (Phi) is 5.08. The van der Waals surface area contributed by atoms with Crippen molar-refractivity contribution in [2.24, 2.45) is 13.0 Å². The smallest absolute Gasteiger partial charge is 0.253 e. The summed E-state index contributed by atoms with van der Waals surface area (Å²) in [4.78, 5) is 30.3. The topological polar surface area (TPSA) is 93.5 Å². The Morgan fingerprint density at radius 3 is 2.64 bits per heavy atom. The second kappa shape index (κ2) is 7.67. The lowest BCUT2D eigenvalue weighted by Gasteiger charge is -2.53. The number of amides is 2. The summed E-state index contributed by atoms with van der Waals surface area (Å²) >= 11 is 0. The lowest BCUT2D eigenvalue weighted by molar-refractivity contribution is -0.148. The summed E-state index contributed by atoms with van der Waals surface area (Å²) in [5.41, 5.74) is 1.48. The van der Waals surface area contributed by atoms with Gasteiger partial charge in [-0.25, -0.2) is 0 Å². The highest BCUT2D eigenvalue weighted by molar-refractivity contribution is 5.94. The Morgan fingerprint density at radius 2 is 2.00 bits per heavy atom. The van der Waals surface area contributed by atoms with Crippen LogP contribution in [-0.4, -0.2) is 81.2 Å². The standard InChI is InChI=1S/C19H24N6O3/c1-23-21-18(20-22-23)13-3-5-14(6-4-13)19(27)24-9-7-16-15(11-24)12-25(16)17(26)8-10-28-2/h3-6,15-16H,7-12H2,1-2H3/t15-,16-/m0/s1. The molecule has 1 aromatic heterocycles. The SMILES string of the molecule is COCCC(=O)N1C[C@@H]2CN(C(=O)c3ccc(-c4nnn(C)n4)cc3)CC[C@@H]21. The molecule has 2 atom stereocenters. The maximum absolute atomic E-state index is 12.9. The van der Waals surface area contributed by atoms with E-state index in [4.69, 9.17) is 4.74 Å². The first-order chi connectivity index (χ1) is 13.6. The van der Waals surface area contributed by atoms with Gasteiger partial charge in [0.05, 0.1) is 20.1 Å². The molecule has 0 N–H and O–H groups in total. The first-order valence-electron chi connectivity index (χ1n) is 9.49. The number of rotatable bonds is 5. The molecule has 9 nitrogen and oxygen atoms in total. The average Bonchev–Trinajstić information content (AvgIpc) is 3.13. The fraction of sp³-hybridized carbons (Fsp3) is 0.526. The van der Waals surface area contributed by atoms with Crippen LogP contribution in [0.15, 0.2) is 24.3 Å². The molecule has 3 heterocycles. The van der Waals surface area contributed by atoms with Gasteiger partial charge in [-0.05, 0) is 23.8 Å². The van der Waals surface area contributed by atoms with Crippen molar-refractivity contribution in [2.45, 2.75) is 18.9 Å². The van der Waals surface area contributed by atoms with E-state index in [9.17, 15) is 9.59 Å². The van der Waals surface area contributed by atoms with Crippen LogP contribution in [0.4, 0.5) is 0 Å². The van der Waals surface area contributed by atoms with E-state index < -0.39 is 0 Å². The van der Waals surface area contributed by atoms with Gasteiger partial charge in [0.1, 0.15) is 0 Å². The third kappa shape index (κ3) is 3.49. The number of carbonyl (C=O) groups is 2. The number of benzene rings is 1. The van der Waals surface area contributed by atoms with Gasteiger partial charge in [-0.3, -0.25) is 9.59 Å². The fourth-order valence-electron chi connectivity index (χ4n) is 4.01. The third-order valence-corrected chi connectivity index (χ3v) is 5.55.